The Hall–Kier alpha value is -2.26. The molecule has 1 aromatic rings. The van der Waals surface area contributed by atoms with Crippen LogP contribution in [-0.4, -0.2) is 39.3 Å². The largest absolute Gasteiger partial charge is 0.493 e. The molecule has 0 aromatic heterocycles. The van der Waals surface area contributed by atoms with Crippen molar-refractivity contribution in [2.24, 2.45) is 0 Å². The van der Waals surface area contributed by atoms with Gasteiger partial charge in [0.05, 0.1) is 21.3 Å². The standard InChI is InChI=1S/C13H14F5NO4/c1-21-8-5-4-7(9(22-2)10(8)23-3)6-19-11(20)12(14,15)13(16,17)18/h4-5H,6H2,1-3H3,(H,19,20). The number of carbonyl (C=O) groups is 1. The lowest BCUT2D eigenvalue weighted by Gasteiger charge is -2.20. The van der Waals surface area contributed by atoms with Gasteiger partial charge in [0, 0.05) is 12.1 Å². The molecule has 10 heteroatoms. The van der Waals surface area contributed by atoms with Crippen molar-refractivity contribution in [3.63, 3.8) is 0 Å². The fraction of sp³-hybridized carbons (Fsp3) is 0.462. The minimum absolute atomic E-state index is 0.0440. The van der Waals surface area contributed by atoms with Gasteiger partial charge in [-0.1, -0.05) is 0 Å². The number of rotatable bonds is 6. The summed E-state index contributed by atoms with van der Waals surface area (Å²) in [6.07, 6.45) is -5.97. The van der Waals surface area contributed by atoms with Crippen LogP contribution in [0.25, 0.3) is 0 Å². The van der Waals surface area contributed by atoms with Crippen LogP contribution in [0.4, 0.5) is 22.0 Å². The van der Waals surface area contributed by atoms with Crippen LogP contribution in [0.2, 0.25) is 0 Å². The van der Waals surface area contributed by atoms with E-state index in [-0.39, 0.29) is 22.8 Å². The zero-order chi connectivity index (χ0) is 17.8. The van der Waals surface area contributed by atoms with Gasteiger partial charge in [0.25, 0.3) is 0 Å². The lowest BCUT2D eigenvalue weighted by Crippen LogP contribution is -2.50. The van der Waals surface area contributed by atoms with Gasteiger partial charge in [-0.25, -0.2) is 0 Å². The van der Waals surface area contributed by atoms with Crippen LogP contribution in [0.3, 0.4) is 0 Å². The number of nitrogens with one attached hydrogen (secondary N) is 1. The highest BCUT2D eigenvalue weighted by Gasteiger charge is 2.63. The van der Waals surface area contributed by atoms with Crippen molar-refractivity contribution < 1.29 is 41.0 Å². The smallest absolute Gasteiger partial charge is 0.463 e. The zero-order valence-electron chi connectivity index (χ0n) is 12.4. The fourth-order valence-electron chi connectivity index (χ4n) is 1.72. The van der Waals surface area contributed by atoms with E-state index in [1.54, 1.807) is 0 Å². The van der Waals surface area contributed by atoms with E-state index < -0.39 is 24.6 Å². The maximum atomic E-state index is 12.9. The van der Waals surface area contributed by atoms with E-state index in [2.05, 4.69) is 0 Å². The summed E-state index contributed by atoms with van der Waals surface area (Å²) >= 11 is 0. The molecule has 0 bridgehead atoms. The molecule has 0 aliphatic heterocycles. The molecule has 0 spiro atoms. The Labute approximate surface area is 128 Å². The first-order valence-corrected chi connectivity index (χ1v) is 6.10. The van der Waals surface area contributed by atoms with Gasteiger partial charge in [-0.2, -0.15) is 22.0 Å². The maximum Gasteiger partial charge on any atom is 0.463 e. The summed E-state index contributed by atoms with van der Waals surface area (Å²) in [5.41, 5.74) is 0.136. The summed E-state index contributed by atoms with van der Waals surface area (Å²) in [5, 5.41) is 1.52. The highest BCUT2D eigenvalue weighted by molar-refractivity contribution is 5.84. The Morgan fingerprint density at radius 2 is 1.57 bits per heavy atom. The monoisotopic (exact) mass is 343 g/mol. The van der Waals surface area contributed by atoms with Crippen molar-refractivity contribution in [1.29, 1.82) is 0 Å². The number of halogens is 5. The predicted molar refractivity (Wildman–Crippen MR) is 68.9 cm³/mol. The maximum absolute atomic E-state index is 12.9. The number of methoxy groups -OCH3 is 3. The molecule has 0 aliphatic rings. The van der Waals surface area contributed by atoms with Gasteiger partial charge in [0.2, 0.25) is 5.75 Å². The van der Waals surface area contributed by atoms with E-state index in [4.69, 9.17) is 14.2 Å². The van der Waals surface area contributed by atoms with Crippen molar-refractivity contribution in [3.05, 3.63) is 17.7 Å². The molecule has 0 radical (unpaired) electrons. The molecule has 5 nitrogen and oxygen atoms in total. The van der Waals surface area contributed by atoms with E-state index >= 15 is 0 Å². The van der Waals surface area contributed by atoms with Crippen LogP contribution in [0.1, 0.15) is 5.56 Å². The first kappa shape index (κ1) is 18.8. The third kappa shape index (κ3) is 3.74. The number of benzene rings is 1. The van der Waals surface area contributed by atoms with Gasteiger partial charge in [-0.05, 0) is 12.1 Å². The molecule has 0 atom stereocenters. The fourth-order valence-corrected chi connectivity index (χ4v) is 1.72. The Balaban J connectivity index is 3.01. The first-order chi connectivity index (χ1) is 10.6. The van der Waals surface area contributed by atoms with Gasteiger partial charge in [0.1, 0.15) is 0 Å². The van der Waals surface area contributed by atoms with Crippen molar-refractivity contribution in [2.75, 3.05) is 21.3 Å². The van der Waals surface area contributed by atoms with Crippen LogP contribution >= 0.6 is 0 Å². The Morgan fingerprint density at radius 3 is 2.00 bits per heavy atom. The van der Waals surface area contributed by atoms with Crippen molar-refractivity contribution in [3.8, 4) is 17.2 Å². The molecule has 130 valence electrons. The molecule has 0 saturated heterocycles. The number of ether oxygens (including phenoxy) is 3. The van der Waals surface area contributed by atoms with Gasteiger partial charge < -0.3 is 19.5 Å². The zero-order valence-corrected chi connectivity index (χ0v) is 12.4. The lowest BCUT2D eigenvalue weighted by atomic mass is 10.1. The second kappa shape index (κ2) is 6.88. The van der Waals surface area contributed by atoms with Gasteiger partial charge in [-0.15, -0.1) is 0 Å². The summed E-state index contributed by atoms with van der Waals surface area (Å²) in [5.74, 6) is -7.52. The Bertz CT molecular complexity index is 574. The van der Waals surface area contributed by atoms with E-state index in [0.717, 1.165) is 0 Å². The molecule has 0 heterocycles. The van der Waals surface area contributed by atoms with E-state index in [9.17, 15) is 26.7 Å². The first-order valence-electron chi connectivity index (χ1n) is 6.10. The number of carbonyl (C=O) groups excluding carboxylic acids is 1. The van der Waals surface area contributed by atoms with Crippen LogP contribution in [0.5, 0.6) is 17.2 Å². The normalized spacial score (nSPS) is 11.8. The molecule has 0 fully saturated rings. The average molecular weight is 343 g/mol. The molecule has 0 aliphatic carbocycles. The number of hydrogen-bond acceptors (Lipinski definition) is 4. The molecule has 23 heavy (non-hydrogen) atoms. The number of hydrogen-bond donors (Lipinski definition) is 1. The summed E-state index contributed by atoms with van der Waals surface area (Å²) in [6, 6.07) is 2.73. The molecule has 1 aromatic carbocycles. The second-order valence-electron chi connectivity index (χ2n) is 4.25. The SMILES string of the molecule is COc1ccc(CNC(=O)C(F)(F)C(F)(F)F)c(OC)c1OC. The summed E-state index contributed by atoms with van der Waals surface area (Å²) in [4.78, 5) is 11.1. The molecular weight excluding hydrogens is 329 g/mol. The number of amides is 1. The lowest BCUT2D eigenvalue weighted by molar-refractivity contribution is -0.269. The van der Waals surface area contributed by atoms with Crippen LogP contribution < -0.4 is 19.5 Å². The van der Waals surface area contributed by atoms with Crippen molar-refractivity contribution in [2.45, 2.75) is 18.6 Å². The molecule has 1 N–H and O–H groups in total. The Morgan fingerprint density at radius 1 is 1.00 bits per heavy atom. The average Bonchev–Trinajstić information content (AvgIpc) is 2.49. The topological polar surface area (TPSA) is 56.8 Å². The van der Waals surface area contributed by atoms with Crippen LogP contribution in [-0.2, 0) is 11.3 Å². The third-order valence-corrected chi connectivity index (χ3v) is 2.87. The van der Waals surface area contributed by atoms with Crippen LogP contribution in [0, 0.1) is 0 Å². The minimum atomic E-state index is -5.97. The highest BCUT2D eigenvalue weighted by Crippen LogP contribution is 2.40. The van der Waals surface area contributed by atoms with Crippen molar-refractivity contribution in [1.82, 2.24) is 5.32 Å². The summed E-state index contributed by atoms with van der Waals surface area (Å²) in [6.45, 7) is -0.617. The van der Waals surface area contributed by atoms with Crippen molar-refractivity contribution >= 4 is 5.91 Å². The number of alkyl halides is 5. The third-order valence-electron chi connectivity index (χ3n) is 2.87. The molecular formula is C13H14F5NO4. The molecule has 1 rings (SSSR count). The summed E-state index contributed by atoms with van der Waals surface area (Å²) in [7, 11) is 3.89. The molecule has 0 saturated carbocycles. The van der Waals surface area contributed by atoms with Crippen LogP contribution in [0.15, 0.2) is 12.1 Å². The second-order valence-corrected chi connectivity index (χ2v) is 4.25. The van der Waals surface area contributed by atoms with E-state index in [1.165, 1.54) is 38.8 Å². The highest BCUT2D eigenvalue weighted by atomic mass is 19.4. The minimum Gasteiger partial charge on any atom is -0.493 e. The quantitative estimate of drug-likeness (QED) is 0.807. The molecule has 1 amide bonds. The van der Waals surface area contributed by atoms with Gasteiger partial charge >= 0.3 is 18.0 Å². The van der Waals surface area contributed by atoms with E-state index in [0.29, 0.717) is 0 Å². The predicted octanol–water partition coefficient (Wildman–Crippen LogP) is 2.53. The Kier molecular flexibility index (Phi) is 5.62. The van der Waals surface area contributed by atoms with Gasteiger partial charge in [0.15, 0.2) is 11.5 Å². The van der Waals surface area contributed by atoms with Gasteiger partial charge in [-0.3, -0.25) is 4.79 Å². The van der Waals surface area contributed by atoms with E-state index in [1.807, 2.05) is 0 Å². The molecule has 0 unspecified atom stereocenters. The summed E-state index contributed by atoms with van der Waals surface area (Å²) < 4.78 is 77.1.